The number of nitrogens with zero attached hydrogens (tertiary/aromatic N) is 2. The van der Waals surface area contributed by atoms with E-state index in [1.807, 2.05) is 44.4 Å². The van der Waals surface area contributed by atoms with E-state index in [-0.39, 0.29) is 5.41 Å². The Kier molecular flexibility index (Phi) is 3.50. The van der Waals surface area contributed by atoms with Crippen molar-refractivity contribution < 1.29 is 5.11 Å². The molecule has 1 N–H and O–H groups in total. The highest BCUT2D eigenvalue weighted by atomic mass is 16.3. The highest BCUT2D eigenvalue weighted by molar-refractivity contribution is 5.37. The van der Waals surface area contributed by atoms with Gasteiger partial charge in [-0.1, -0.05) is 45.0 Å². The second-order valence-corrected chi connectivity index (χ2v) is 6.12. The van der Waals surface area contributed by atoms with Crippen molar-refractivity contribution in [2.24, 2.45) is 7.05 Å². The van der Waals surface area contributed by atoms with Gasteiger partial charge in [0.2, 0.25) is 0 Å². The van der Waals surface area contributed by atoms with Crippen molar-refractivity contribution in [3.8, 4) is 0 Å². The van der Waals surface area contributed by atoms with Crippen molar-refractivity contribution >= 4 is 0 Å². The van der Waals surface area contributed by atoms with E-state index < -0.39 is 6.10 Å². The Morgan fingerprint density at radius 3 is 2.37 bits per heavy atom. The lowest BCUT2D eigenvalue weighted by Crippen LogP contribution is -2.16. The molecular weight excluding hydrogens is 236 g/mol. The molecule has 0 aliphatic rings. The number of hydrogen-bond donors (Lipinski definition) is 1. The molecule has 0 amide bonds. The van der Waals surface area contributed by atoms with Gasteiger partial charge in [0.05, 0.1) is 5.69 Å². The Morgan fingerprint density at radius 1 is 1.16 bits per heavy atom. The lowest BCUT2D eigenvalue weighted by atomic mass is 9.86. The first-order valence-corrected chi connectivity index (χ1v) is 6.58. The van der Waals surface area contributed by atoms with E-state index in [0.717, 1.165) is 22.4 Å². The zero-order chi connectivity index (χ0) is 14.2. The third-order valence-corrected chi connectivity index (χ3v) is 3.35. The molecule has 3 heteroatoms. The summed E-state index contributed by atoms with van der Waals surface area (Å²) in [6, 6.07) is 7.93. The van der Waals surface area contributed by atoms with Gasteiger partial charge < -0.3 is 5.11 Å². The molecule has 1 aromatic carbocycles. The molecular formula is C16H22N2O. The molecule has 1 aromatic heterocycles. The number of aryl methyl sites for hydroxylation is 2. The van der Waals surface area contributed by atoms with E-state index in [1.165, 1.54) is 0 Å². The average Bonchev–Trinajstić information content (AvgIpc) is 2.71. The predicted octanol–water partition coefficient (Wildman–Crippen LogP) is 3.11. The molecule has 0 saturated heterocycles. The van der Waals surface area contributed by atoms with E-state index >= 15 is 0 Å². The van der Waals surface area contributed by atoms with Crippen molar-refractivity contribution in [2.45, 2.75) is 39.2 Å². The summed E-state index contributed by atoms with van der Waals surface area (Å²) >= 11 is 0. The first kappa shape index (κ1) is 13.8. The van der Waals surface area contributed by atoms with Gasteiger partial charge in [-0.25, -0.2) is 0 Å². The van der Waals surface area contributed by atoms with Crippen LogP contribution >= 0.6 is 0 Å². The van der Waals surface area contributed by atoms with Crippen LogP contribution in [0.25, 0.3) is 0 Å². The molecule has 1 atom stereocenters. The average molecular weight is 258 g/mol. The van der Waals surface area contributed by atoms with Crippen LogP contribution in [0, 0.1) is 6.92 Å². The van der Waals surface area contributed by atoms with Crippen molar-refractivity contribution in [3.63, 3.8) is 0 Å². The molecule has 102 valence electrons. The highest BCUT2D eigenvalue weighted by Gasteiger charge is 2.26. The van der Waals surface area contributed by atoms with Gasteiger partial charge in [-0.3, -0.25) is 4.68 Å². The molecule has 0 fully saturated rings. The van der Waals surface area contributed by atoms with E-state index in [9.17, 15) is 5.11 Å². The molecule has 2 rings (SSSR count). The molecule has 1 heterocycles. The van der Waals surface area contributed by atoms with Crippen LogP contribution in [0.1, 0.15) is 49.3 Å². The maximum atomic E-state index is 10.7. The summed E-state index contributed by atoms with van der Waals surface area (Å²) in [6.45, 7) is 8.36. The summed E-state index contributed by atoms with van der Waals surface area (Å²) in [5.74, 6) is 0. The van der Waals surface area contributed by atoms with Gasteiger partial charge in [0, 0.05) is 24.2 Å². The van der Waals surface area contributed by atoms with Gasteiger partial charge in [-0.15, -0.1) is 0 Å². The second-order valence-electron chi connectivity index (χ2n) is 6.12. The Hall–Kier alpha value is -1.61. The van der Waals surface area contributed by atoms with Crippen LogP contribution in [0.3, 0.4) is 0 Å². The summed E-state index contributed by atoms with van der Waals surface area (Å²) in [6.07, 6.45) is 1.29. The maximum absolute atomic E-state index is 10.7. The summed E-state index contributed by atoms with van der Waals surface area (Å²) < 4.78 is 1.78. The fourth-order valence-electron chi connectivity index (χ4n) is 2.35. The van der Waals surface area contributed by atoms with Crippen LogP contribution in [0.4, 0.5) is 0 Å². The van der Waals surface area contributed by atoms with Crippen LogP contribution in [-0.4, -0.2) is 14.9 Å². The Bertz CT molecular complexity index is 579. The van der Waals surface area contributed by atoms with E-state index in [0.29, 0.717) is 0 Å². The van der Waals surface area contributed by atoms with Crippen molar-refractivity contribution in [3.05, 3.63) is 52.8 Å². The topological polar surface area (TPSA) is 38.0 Å². The third kappa shape index (κ3) is 2.71. The minimum absolute atomic E-state index is 0.0831. The predicted molar refractivity (Wildman–Crippen MR) is 77.1 cm³/mol. The Labute approximate surface area is 114 Å². The van der Waals surface area contributed by atoms with Gasteiger partial charge in [-0.05, 0) is 18.1 Å². The normalized spacial score (nSPS) is 13.6. The number of aromatic nitrogens is 2. The van der Waals surface area contributed by atoms with E-state index in [1.54, 1.807) is 4.68 Å². The Balaban J connectivity index is 2.51. The monoisotopic (exact) mass is 258 g/mol. The summed E-state index contributed by atoms with van der Waals surface area (Å²) in [5, 5.41) is 15.2. The van der Waals surface area contributed by atoms with Gasteiger partial charge in [0.25, 0.3) is 0 Å². The van der Waals surface area contributed by atoms with Gasteiger partial charge in [-0.2, -0.15) is 5.10 Å². The van der Waals surface area contributed by atoms with Crippen LogP contribution in [0.15, 0.2) is 30.5 Å². The molecule has 19 heavy (non-hydrogen) atoms. The van der Waals surface area contributed by atoms with Crippen LogP contribution < -0.4 is 0 Å². The number of rotatable bonds is 2. The van der Waals surface area contributed by atoms with Gasteiger partial charge in [0.1, 0.15) is 6.10 Å². The van der Waals surface area contributed by atoms with Crippen LogP contribution in [0.5, 0.6) is 0 Å². The fraction of sp³-hybridized carbons (Fsp3) is 0.438. The van der Waals surface area contributed by atoms with Gasteiger partial charge >= 0.3 is 0 Å². The van der Waals surface area contributed by atoms with E-state index in [2.05, 4.69) is 25.9 Å². The lowest BCUT2D eigenvalue weighted by molar-refractivity contribution is 0.216. The summed E-state index contributed by atoms with van der Waals surface area (Å²) in [7, 11) is 1.89. The third-order valence-electron chi connectivity index (χ3n) is 3.35. The molecule has 0 aliphatic heterocycles. The maximum Gasteiger partial charge on any atom is 0.108 e. The van der Waals surface area contributed by atoms with Crippen LogP contribution in [-0.2, 0) is 12.5 Å². The molecule has 3 nitrogen and oxygen atoms in total. The quantitative estimate of drug-likeness (QED) is 0.898. The smallest absolute Gasteiger partial charge is 0.108 e. The number of benzene rings is 1. The summed E-state index contributed by atoms with van der Waals surface area (Å²) in [5.41, 5.74) is 3.80. The number of aliphatic hydroxyl groups excluding tert-OH is 1. The van der Waals surface area contributed by atoms with Crippen molar-refractivity contribution in [1.82, 2.24) is 9.78 Å². The highest BCUT2D eigenvalue weighted by Crippen LogP contribution is 2.32. The SMILES string of the molecule is Cc1ccccc1C(O)c1cn(C)nc1C(C)(C)C. The molecule has 0 aliphatic carbocycles. The first-order valence-electron chi connectivity index (χ1n) is 6.58. The molecule has 0 spiro atoms. The summed E-state index contributed by atoms with van der Waals surface area (Å²) in [4.78, 5) is 0. The molecule has 0 saturated carbocycles. The Morgan fingerprint density at radius 2 is 1.79 bits per heavy atom. The fourth-order valence-corrected chi connectivity index (χ4v) is 2.35. The minimum atomic E-state index is -0.621. The molecule has 0 radical (unpaired) electrons. The van der Waals surface area contributed by atoms with Gasteiger partial charge in [0.15, 0.2) is 0 Å². The molecule has 0 bridgehead atoms. The first-order chi connectivity index (χ1) is 8.80. The van der Waals surface area contributed by atoms with Crippen LogP contribution in [0.2, 0.25) is 0 Å². The minimum Gasteiger partial charge on any atom is -0.384 e. The lowest BCUT2D eigenvalue weighted by Gasteiger charge is -2.21. The number of hydrogen-bond acceptors (Lipinski definition) is 2. The van der Waals surface area contributed by atoms with Crippen molar-refractivity contribution in [2.75, 3.05) is 0 Å². The zero-order valence-corrected chi connectivity index (χ0v) is 12.3. The van der Waals surface area contributed by atoms with E-state index in [4.69, 9.17) is 0 Å². The number of aliphatic hydroxyl groups is 1. The standard InChI is InChI=1S/C16H22N2O/c1-11-8-6-7-9-12(11)14(19)13-10-18(5)17-15(13)16(2,3)4/h6-10,14,19H,1-5H3. The molecule has 2 aromatic rings. The second kappa shape index (κ2) is 4.82. The molecule has 1 unspecified atom stereocenters. The largest absolute Gasteiger partial charge is 0.384 e. The zero-order valence-electron chi connectivity index (χ0n) is 12.3. The van der Waals surface area contributed by atoms with Crippen molar-refractivity contribution in [1.29, 1.82) is 0 Å².